The van der Waals surface area contributed by atoms with Crippen molar-refractivity contribution in [3.05, 3.63) is 36.1 Å². The zero-order chi connectivity index (χ0) is 15.7. The van der Waals surface area contributed by atoms with Crippen LogP contribution >= 0.6 is 0 Å². The molecular weight excluding hydrogens is 316 g/mol. The predicted octanol–water partition coefficient (Wildman–Crippen LogP) is 1.07. The Morgan fingerprint density at radius 2 is 1.76 bits per heavy atom. The standard InChI is InChI=1S/C13H14O6S2/c1-20(15,16)6-7-21(17,18)9-11(14)13-8-10-4-2-3-5-12(10)19-13/h2-5,8H,6-7,9H2,1H3. The quantitative estimate of drug-likeness (QED) is 0.735. The SMILES string of the molecule is CS(=O)(=O)CCS(=O)(=O)CC(=O)c1cc2ccccc2o1. The van der Waals surface area contributed by atoms with Crippen molar-refractivity contribution in [2.45, 2.75) is 0 Å². The minimum absolute atomic E-state index is 0.0425. The molecule has 1 aromatic carbocycles. The molecule has 0 atom stereocenters. The summed E-state index contributed by atoms with van der Waals surface area (Å²) in [6.07, 6.45) is 0.948. The number of Topliss-reactive ketones (excluding diaryl/α,β-unsaturated/α-hetero) is 1. The van der Waals surface area contributed by atoms with Gasteiger partial charge in [0.15, 0.2) is 15.6 Å². The maximum atomic E-state index is 11.9. The smallest absolute Gasteiger partial charge is 0.213 e. The van der Waals surface area contributed by atoms with Gasteiger partial charge in [-0.3, -0.25) is 4.79 Å². The highest BCUT2D eigenvalue weighted by Crippen LogP contribution is 2.19. The Labute approximate surface area is 122 Å². The van der Waals surface area contributed by atoms with Crippen LogP contribution in [0, 0.1) is 0 Å². The number of furan rings is 1. The molecule has 2 rings (SSSR count). The van der Waals surface area contributed by atoms with E-state index in [2.05, 4.69) is 0 Å². The summed E-state index contributed by atoms with van der Waals surface area (Å²) in [5.74, 6) is -2.55. The number of carbonyl (C=O) groups is 1. The average molecular weight is 330 g/mol. The van der Waals surface area contributed by atoms with E-state index >= 15 is 0 Å². The van der Waals surface area contributed by atoms with Gasteiger partial charge >= 0.3 is 0 Å². The third kappa shape index (κ3) is 4.40. The minimum Gasteiger partial charge on any atom is -0.453 e. The second kappa shape index (κ2) is 5.61. The lowest BCUT2D eigenvalue weighted by Gasteiger charge is -2.01. The van der Waals surface area contributed by atoms with Gasteiger partial charge in [0.2, 0.25) is 5.78 Å². The Morgan fingerprint density at radius 3 is 2.38 bits per heavy atom. The van der Waals surface area contributed by atoms with E-state index in [1.54, 1.807) is 24.3 Å². The Hall–Kier alpha value is -1.67. The van der Waals surface area contributed by atoms with Gasteiger partial charge in [0.05, 0.1) is 11.5 Å². The fourth-order valence-electron chi connectivity index (χ4n) is 1.74. The van der Waals surface area contributed by atoms with Crippen molar-refractivity contribution in [1.29, 1.82) is 0 Å². The first kappa shape index (κ1) is 15.7. The van der Waals surface area contributed by atoms with E-state index in [1.165, 1.54) is 6.07 Å². The lowest BCUT2D eigenvalue weighted by Crippen LogP contribution is -2.23. The summed E-state index contributed by atoms with van der Waals surface area (Å²) in [5, 5.41) is 0.703. The van der Waals surface area contributed by atoms with Crippen LogP contribution in [0.3, 0.4) is 0 Å². The summed E-state index contributed by atoms with van der Waals surface area (Å²) in [4.78, 5) is 11.9. The van der Waals surface area contributed by atoms with Crippen LogP contribution in [-0.2, 0) is 19.7 Å². The highest BCUT2D eigenvalue weighted by molar-refractivity contribution is 7.95. The molecule has 0 saturated heterocycles. The zero-order valence-electron chi connectivity index (χ0n) is 11.3. The van der Waals surface area contributed by atoms with Crippen LogP contribution in [0.15, 0.2) is 34.7 Å². The average Bonchev–Trinajstić information content (AvgIpc) is 2.79. The molecule has 0 saturated carbocycles. The number of rotatable bonds is 6. The van der Waals surface area contributed by atoms with Gasteiger partial charge in [-0.15, -0.1) is 0 Å². The number of ketones is 1. The Morgan fingerprint density at radius 1 is 1.10 bits per heavy atom. The van der Waals surface area contributed by atoms with Gasteiger partial charge in [0, 0.05) is 11.6 Å². The molecule has 2 aromatic rings. The maximum absolute atomic E-state index is 11.9. The summed E-state index contributed by atoms with van der Waals surface area (Å²) in [6, 6.07) is 8.40. The Kier molecular flexibility index (Phi) is 4.20. The van der Waals surface area contributed by atoms with E-state index in [-0.39, 0.29) is 5.76 Å². The molecule has 114 valence electrons. The van der Waals surface area contributed by atoms with E-state index in [9.17, 15) is 21.6 Å². The van der Waals surface area contributed by atoms with Gasteiger partial charge in [-0.1, -0.05) is 18.2 Å². The third-order valence-corrected chi connectivity index (χ3v) is 5.55. The normalized spacial score (nSPS) is 12.6. The molecule has 1 heterocycles. The highest BCUT2D eigenvalue weighted by Gasteiger charge is 2.22. The molecule has 0 N–H and O–H groups in total. The van der Waals surface area contributed by atoms with Crippen LogP contribution in [0.25, 0.3) is 11.0 Å². The topological polar surface area (TPSA) is 98.5 Å². The van der Waals surface area contributed by atoms with Crippen LogP contribution < -0.4 is 0 Å². The van der Waals surface area contributed by atoms with Gasteiger partial charge in [0.25, 0.3) is 0 Å². The van der Waals surface area contributed by atoms with Crippen molar-refractivity contribution in [3.8, 4) is 0 Å². The number of hydrogen-bond donors (Lipinski definition) is 0. The van der Waals surface area contributed by atoms with Gasteiger partial charge in [-0.2, -0.15) is 0 Å². The first-order valence-corrected chi connectivity index (χ1v) is 9.94. The van der Waals surface area contributed by atoms with Crippen LogP contribution in [0.4, 0.5) is 0 Å². The number of benzene rings is 1. The molecule has 8 heteroatoms. The second-order valence-electron chi connectivity index (χ2n) is 4.79. The highest BCUT2D eigenvalue weighted by atomic mass is 32.2. The number of fused-ring (bicyclic) bond motifs is 1. The largest absolute Gasteiger partial charge is 0.453 e. The summed E-state index contributed by atoms with van der Waals surface area (Å²) in [5.41, 5.74) is 0.495. The molecule has 0 fully saturated rings. The molecule has 0 bridgehead atoms. The lowest BCUT2D eigenvalue weighted by molar-refractivity contribution is 0.0992. The summed E-state index contributed by atoms with van der Waals surface area (Å²) in [7, 11) is -7.18. The molecule has 0 amide bonds. The number of hydrogen-bond acceptors (Lipinski definition) is 6. The number of para-hydroxylation sites is 1. The van der Waals surface area contributed by atoms with E-state index in [0.29, 0.717) is 11.0 Å². The predicted molar refractivity (Wildman–Crippen MR) is 78.9 cm³/mol. The third-order valence-electron chi connectivity index (χ3n) is 2.82. The molecule has 1 aromatic heterocycles. The van der Waals surface area contributed by atoms with Gasteiger partial charge < -0.3 is 4.42 Å². The van der Waals surface area contributed by atoms with Crippen molar-refractivity contribution >= 4 is 36.4 Å². The summed E-state index contributed by atoms with van der Waals surface area (Å²) >= 11 is 0. The molecule has 6 nitrogen and oxygen atoms in total. The molecule has 0 aliphatic heterocycles. The molecule has 0 aliphatic carbocycles. The fourth-order valence-corrected chi connectivity index (χ4v) is 4.65. The summed E-state index contributed by atoms with van der Waals surface area (Å²) in [6.45, 7) is 0. The first-order chi connectivity index (χ1) is 9.66. The summed E-state index contributed by atoms with van der Waals surface area (Å²) < 4.78 is 50.8. The fraction of sp³-hybridized carbons (Fsp3) is 0.308. The molecule has 0 unspecified atom stereocenters. The van der Waals surface area contributed by atoms with E-state index in [1.807, 2.05) is 0 Å². The second-order valence-corrected chi connectivity index (χ2v) is 9.24. The zero-order valence-corrected chi connectivity index (χ0v) is 12.9. The maximum Gasteiger partial charge on any atom is 0.213 e. The molecule has 0 radical (unpaired) electrons. The monoisotopic (exact) mass is 330 g/mol. The number of carbonyl (C=O) groups excluding carboxylic acids is 1. The van der Waals surface area contributed by atoms with Crippen molar-refractivity contribution in [3.63, 3.8) is 0 Å². The molecule has 0 aliphatic rings. The van der Waals surface area contributed by atoms with Gasteiger partial charge in [-0.25, -0.2) is 16.8 Å². The van der Waals surface area contributed by atoms with E-state index in [4.69, 9.17) is 4.42 Å². The van der Waals surface area contributed by atoms with Crippen LogP contribution in [-0.4, -0.2) is 46.1 Å². The Balaban J connectivity index is 2.13. The minimum atomic E-state index is -3.79. The van der Waals surface area contributed by atoms with Crippen molar-refractivity contribution in [2.75, 3.05) is 23.5 Å². The lowest BCUT2D eigenvalue weighted by atomic mass is 10.2. The van der Waals surface area contributed by atoms with Crippen LogP contribution in [0.5, 0.6) is 0 Å². The van der Waals surface area contributed by atoms with Crippen molar-refractivity contribution in [2.24, 2.45) is 0 Å². The Bertz CT molecular complexity index is 841. The number of sulfone groups is 2. The molecule has 0 spiro atoms. The van der Waals surface area contributed by atoms with Crippen molar-refractivity contribution in [1.82, 2.24) is 0 Å². The van der Waals surface area contributed by atoms with Gasteiger partial charge in [0.1, 0.15) is 21.2 Å². The van der Waals surface area contributed by atoms with Gasteiger partial charge in [-0.05, 0) is 12.1 Å². The van der Waals surface area contributed by atoms with Crippen LogP contribution in [0.2, 0.25) is 0 Å². The first-order valence-electron chi connectivity index (χ1n) is 6.06. The molecule has 21 heavy (non-hydrogen) atoms. The molecular formula is C13H14O6S2. The van der Waals surface area contributed by atoms with E-state index < -0.39 is 42.7 Å². The van der Waals surface area contributed by atoms with E-state index in [0.717, 1.165) is 6.26 Å². The van der Waals surface area contributed by atoms with Crippen molar-refractivity contribution < 1.29 is 26.0 Å². The van der Waals surface area contributed by atoms with Crippen LogP contribution in [0.1, 0.15) is 10.6 Å².